The molecular weight excluding hydrogens is 176 g/mol. The summed E-state index contributed by atoms with van der Waals surface area (Å²) in [6.07, 6.45) is 0.119. The lowest BCUT2D eigenvalue weighted by Gasteiger charge is -2.09. The Labute approximate surface area is 73.8 Å². The van der Waals surface area contributed by atoms with E-state index in [1.165, 1.54) is 0 Å². The van der Waals surface area contributed by atoms with Gasteiger partial charge in [-0.05, 0) is 0 Å². The molecule has 0 atom stereocenters. The largest absolute Gasteiger partial charge is 0.412 e. The van der Waals surface area contributed by atoms with Crippen molar-refractivity contribution in [3.63, 3.8) is 0 Å². The maximum Gasteiger partial charge on any atom is 0.412 e. The predicted octanol–water partition coefficient (Wildman–Crippen LogP) is -0.487. The van der Waals surface area contributed by atoms with Gasteiger partial charge < -0.3 is 9.68 Å². The van der Waals surface area contributed by atoms with Gasteiger partial charge in [0.15, 0.2) is 0 Å². The van der Waals surface area contributed by atoms with Crippen molar-refractivity contribution in [1.29, 1.82) is 0 Å². The molecule has 1 rings (SSSR count). The van der Waals surface area contributed by atoms with Gasteiger partial charge in [0.25, 0.3) is 11.8 Å². The van der Waals surface area contributed by atoms with Crippen LogP contribution in [0, 0.1) is 6.57 Å². The second kappa shape index (κ2) is 3.67. The summed E-state index contributed by atoms with van der Waals surface area (Å²) in [6.45, 7) is 5.85. The summed E-state index contributed by atoms with van der Waals surface area (Å²) in [5.74, 6) is -1.97. The fourth-order valence-corrected chi connectivity index (χ4v) is 0.853. The van der Waals surface area contributed by atoms with Gasteiger partial charge in [-0.1, -0.05) is 0 Å². The number of nitrogens with zero attached hydrogens (tertiary/aromatic N) is 2. The monoisotopic (exact) mass is 182 g/mol. The zero-order chi connectivity index (χ0) is 9.84. The quantitative estimate of drug-likeness (QED) is 0.427. The average molecular weight is 182 g/mol. The maximum absolute atomic E-state index is 10.9. The average Bonchev–Trinajstić information content (AvgIpc) is 2.36. The van der Waals surface area contributed by atoms with Gasteiger partial charge in [0, 0.05) is 12.8 Å². The molecule has 0 N–H and O–H groups in total. The third-order valence-electron chi connectivity index (χ3n) is 1.41. The van der Waals surface area contributed by atoms with Crippen molar-refractivity contribution >= 4 is 17.8 Å². The van der Waals surface area contributed by atoms with Crippen LogP contribution in [0.1, 0.15) is 12.8 Å². The highest BCUT2D eigenvalue weighted by Crippen LogP contribution is 2.11. The van der Waals surface area contributed by atoms with Gasteiger partial charge in [0.1, 0.15) is 0 Å². The zero-order valence-electron chi connectivity index (χ0n) is 6.65. The minimum Gasteiger partial charge on any atom is -0.323 e. The Morgan fingerprint density at radius 3 is 2.46 bits per heavy atom. The van der Waals surface area contributed by atoms with Gasteiger partial charge in [-0.25, -0.2) is 11.4 Å². The van der Waals surface area contributed by atoms with Crippen LogP contribution in [0.25, 0.3) is 4.85 Å². The molecule has 0 aromatic heterocycles. The van der Waals surface area contributed by atoms with Crippen LogP contribution >= 0.6 is 0 Å². The van der Waals surface area contributed by atoms with Crippen LogP contribution in [-0.4, -0.2) is 29.4 Å². The van der Waals surface area contributed by atoms with Crippen LogP contribution in [0.5, 0.6) is 0 Å². The molecule has 1 aliphatic rings. The molecule has 0 aromatic carbocycles. The number of carbonyl (C=O) groups is 3. The normalized spacial score (nSPS) is 15.8. The lowest BCUT2D eigenvalue weighted by Crippen LogP contribution is -2.32. The maximum atomic E-state index is 10.9. The van der Waals surface area contributed by atoms with Gasteiger partial charge in [-0.15, -0.1) is 5.06 Å². The Bertz CT molecular complexity index is 288. The van der Waals surface area contributed by atoms with Crippen LogP contribution in [0.2, 0.25) is 0 Å². The molecule has 2 amide bonds. The van der Waals surface area contributed by atoms with Gasteiger partial charge >= 0.3 is 12.5 Å². The van der Waals surface area contributed by atoms with Gasteiger partial charge in [0.2, 0.25) is 0 Å². The number of hydrogen-bond acceptors (Lipinski definition) is 4. The highest BCUT2D eigenvalue weighted by molar-refractivity contribution is 6.01. The van der Waals surface area contributed by atoms with E-state index in [2.05, 4.69) is 9.68 Å². The molecule has 13 heavy (non-hydrogen) atoms. The van der Waals surface area contributed by atoms with Crippen LogP contribution < -0.4 is 0 Å². The van der Waals surface area contributed by atoms with Crippen molar-refractivity contribution < 1.29 is 19.2 Å². The molecule has 0 spiro atoms. The van der Waals surface area contributed by atoms with Crippen molar-refractivity contribution in [2.75, 3.05) is 6.54 Å². The molecule has 1 aliphatic heterocycles. The fourth-order valence-electron chi connectivity index (χ4n) is 0.853. The third-order valence-corrected chi connectivity index (χ3v) is 1.41. The van der Waals surface area contributed by atoms with E-state index < -0.39 is 24.3 Å². The molecule has 0 aliphatic carbocycles. The Balaban J connectivity index is 2.54. The smallest absolute Gasteiger partial charge is 0.323 e. The van der Waals surface area contributed by atoms with E-state index in [-0.39, 0.29) is 12.8 Å². The molecule has 0 bridgehead atoms. The Morgan fingerprint density at radius 2 is 2.00 bits per heavy atom. The van der Waals surface area contributed by atoms with E-state index in [9.17, 15) is 14.4 Å². The molecule has 6 heteroatoms. The Morgan fingerprint density at radius 1 is 1.46 bits per heavy atom. The van der Waals surface area contributed by atoms with Crippen LogP contribution in [-0.2, 0) is 19.2 Å². The van der Waals surface area contributed by atoms with Crippen LogP contribution in [0.4, 0.5) is 0 Å². The van der Waals surface area contributed by atoms with E-state index in [0.717, 1.165) is 0 Å². The number of hydroxylamine groups is 2. The van der Waals surface area contributed by atoms with Crippen molar-refractivity contribution in [1.82, 2.24) is 5.06 Å². The van der Waals surface area contributed by atoms with E-state index in [4.69, 9.17) is 6.57 Å². The molecule has 0 saturated carbocycles. The standard InChI is InChI=1S/C7H6N2O4/c1-8-4-7(12)13-9-5(10)2-3-6(9)11/h2-4H2. The second-order valence-electron chi connectivity index (χ2n) is 2.36. The second-order valence-corrected chi connectivity index (χ2v) is 2.36. The SMILES string of the molecule is [C-]#[N+]CC(=O)ON1C(=O)CCC1=O. The summed E-state index contributed by atoms with van der Waals surface area (Å²) in [4.78, 5) is 39.6. The lowest BCUT2D eigenvalue weighted by atomic mass is 10.4. The summed E-state index contributed by atoms with van der Waals surface area (Å²) in [7, 11) is 0. The first-order chi connectivity index (χ1) is 6.15. The summed E-state index contributed by atoms with van der Waals surface area (Å²) in [5, 5.41) is 0.424. The molecule has 1 saturated heterocycles. The van der Waals surface area contributed by atoms with E-state index in [0.29, 0.717) is 5.06 Å². The van der Waals surface area contributed by atoms with E-state index in [1.807, 2.05) is 0 Å². The van der Waals surface area contributed by atoms with Gasteiger partial charge in [-0.2, -0.15) is 0 Å². The highest BCUT2D eigenvalue weighted by atomic mass is 16.7. The lowest BCUT2D eigenvalue weighted by molar-refractivity contribution is -0.195. The van der Waals surface area contributed by atoms with E-state index >= 15 is 0 Å². The molecule has 0 unspecified atom stereocenters. The number of rotatable bonds is 2. The molecule has 0 aromatic rings. The van der Waals surface area contributed by atoms with Gasteiger partial charge in [0.05, 0.1) is 0 Å². The third kappa shape index (κ3) is 2.02. The number of carbonyl (C=O) groups excluding carboxylic acids is 3. The van der Waals surface area contributed by atoms with Crippen LogP contribution in [0.3, 0.4) is 0 Å². The number of imide groups is 1. The molecular formula is C7H6N2O4. The van der Waals surface area contributed by atoms with Crippen molar-refractivity contribution in [2.45, 2.75) is 12.8 Å². The van der Waals surface area contributed by atoms with Crippen LogP contribution in [0.15, 0.2) is 0 Å². The minimum absolute atomic E-state index is 0.0597. The Hall–Kier alpha value is -1.90. The fraction of sp³-hybridized carbons (Fsp3) is 0.429. The molecule has 0 radical (unpaired) electrons. The molecule has 6 nitrogen and oxygen atoms in total. The molecule has 68 valence electrons. The summed E-state index contributed by atoms with van der Waals surface area (Å²) in [6, 6.07) is 0. The van der Waals surface area contributed by atoms with Crippen molar-refractivity contribution in [2.24, 2.45) is 0 Å². The Kier molecular flexibility index (Phi) is 2.59. The zero-order valence-corrected chi connectivity index (χ0v) is 6.65. The number of hydrogen-bond donors (Lipinski definition) is 0. The molecule has 1 fully saturated rings. The summed E-state index contributed by atoms with van der Waals surface area (Å²) >= 11 is 0. The topological polar surface area (TPSA) is 68.0 Å². The van der Waals surface area contributed by atoms with Crippen molar-refractivity contribution in [3.05, 3.63) is 11.4 Å². The van der Waals surface area contributed by atoms with Gasteiger partial charge in [-0.3, -0.25) is 9.59 Å². The minimum atomic E-state index is -0.890. The highest BCUT2D eigenvalue weighted by Gasteiger charge is 2.33. The van der Waals surface area contributed by atoms with Crippen molar-refractivity contribution in [3.8, 4) is 0 Å². The molecule has 1 heterocycles. The first-order valence-corrected chi connectivity index (χ1v) is 3.55. The number of amides is 2. The predicted molar refractivity (Wildman–Crippen MR) is 38.6 cm³/mol. The first kappa shape index (κ1) is 9.19. The van der Waals surface area contributed by atoms with E-state index in [1.54, 1.807) is 0 Å². The first-order valence-electron chi connectivity index (χ1n) is 3.55. The summed E-state index contributed by atoms with van der Waals surface area (Å²) < 4.78 is 0. The summed E-state index contributed by atoms with van der Waals surface area (Å²) in [5.41, 5.74) is 0.